The molecule has 1 amide bonds. The molecule has 4 aromatic heterocycles. The zero-order valence-corrected chi connectivity index (χ0v) is 18.6. The molecule has 9 nitrogen and oxygen atoms in total. The summed E-state index contributed by atoms with van der Waals surface area (Å²) in [5.41, 5.74) is 2.91. The van der Waals surface area contributed by atoms with E-state index in [9.17, 15) is 19.1 Å². The fourth-order valence-electron chi connectivity index (χ4n) is 4.35. The number of carbonyl (C=O) groups is 1. The van der Waals surface area contributed by atoms with E-state index in [1.54, 1.807) is 18.3 Å². The quantitative estimate of drug-likeness (QED) is 0.498. The van der Waals surface area contributed by atoms with Gasteiger partial charge in [-0.05, 0) is 37.3 Å². The average Bonchev–Trinajstić information content (AvgIpc) is 3.08. The summed E-state index contributed by atoms with van der Waals surface area (Å²) in [6.07, 6.45) is 2.35. The van der Waals surface area contributed by atoms with Gasteiger partial charge in [0.25, 0.3) is 5.56 Å². The Morgan fingerprint density at radius 3 is 2.79 bits per heavy atom. The van der Waals surface area contributed by atoms with Crippen molar-refractivity contribution in [2.45, 2.75) is 32.5 Å². The van der Waals surface area contributed by atoms with E-state index in [4.69, 9.17) is 9.72 Å². The Kier molecular flexibility index (Phi) is 5.27. The van der Waals surface area contributed by atoms with Crippen molar-refractivity contribution in [3.05, 3.63) is 81.9 Å². The first-order chi connectivity index (χ1) is 16.3. The summed E-state index contributed by atoms with van der Waals surface area (Å²) < 4.78 is 22.0. The highest BCUT2D eigenvalue weighted by Gasteiger charge is 2.31. The van der Waals surface area contributed by atoms with Crippen molar-refractivity contribution < 1.29 is 19.0 Å². The number of nitrogens with zero attached hydrogens (tertiary/aromatic N) is 5. The topological polar surface area (TPSA) is 102 Å². The van der Waals surface area contributed by atoms with Gasteiger partial charge in [0.15, 0.2) is 0 Å². The molecule has 1 atom stereocenters. The van der Waals surface area contributed by atoms with Crippen LogP contribution in [0.15, 0.2) is 53.6 Å². The van der Waals surface area contributed by atoms with Crippen molar-refractivity contribution in [1.29, 1.82) is 0 Å². The number of ether oxygens (including phenoxy) is 1. The lowest BCUT2D eigenvalue weighted by Gasteiger charge is -2.31. The number of rotatable bonds is 4. The van der Waals surface area contributed by atoms with E-state index >= 15 is 0 Å². The molecule has 4 aromatic rings. The van der Waals surface area contributed by atoms with E-state index in [1.807, 2.05) is 24.6 Å². The Balaban J connectivity index is 1.43. The van der Waals surface area contributed by atoms with Gasteiger partial charge in [0, 0.05) is 48.4 Å². The van der Waals surface area contributed by atoms with Gasteiger partial charge in [-0.1, -0.05) is 0 Å². The number of amides is 1. The lowest BCUT2D eigenvalue weighted by Crippen LogP contribution is -2.42. The third-order valence-corrected chi connectivity index (χ3v) is 6.16. The molecular weight excluding hydrogens is 441 g/mol. The zero-order chi connectivity index (χ0) is 24.0. The first-order valence-electron chi connectivity index (χ1n) is 10.7. The Labute approximate surface area is 193 Å². The first kappa shape index (κ1) is 21.6. The molecule has 5 rings (SSSR count). The number of hydrogen-bond acceptors (Lipinski definition) is 5. The molecule has 0 saturated carbocycles. The molecule has 34 heavy (non-hydrogen) atoms. The highest BCUT2D eigenvalue weighted by atomic mass is 19.1. The van der Waals surface area contributed by atoms with Crippen LogP contribution in [-0.2, 0) is 26.6 Å². The van der Waals surface area contributed by atoms with Crippen molar-refractivity contribution >= 4 is 17.1 Å². The number of hydrogen-bond donors (Lipinski definition) is 1. The second kappa shape index (κ2) is 8.29. The summed E-state index contributed by atoms with van der Waals surface area (Å²) in [5, 5.41) is 10.4. The van der Waals surface area contributed by atoms with Gasteiger partial charge >= 0.3 is 6.09 Å². The number of fused-ring (bicyclic) bond motifs is 3. The van der Waals surface area contributed by atoms with Gasteiger partial charge < -0.3 is 19.3 Å². The van der Waals surface area contributed by atoms with Crippen LogP contribution < -0.4 is 10.3 Å². The Hall–Kier alpha value is -4.21. The van der Waals surface area contributed by atoms with Crippen molar-refractivity contribution in [2.24, 2.45) is 7.05 Å². The molecule has 1 aliphatic rings. The molecule has 0 aliphatic carbocycles. The van der Waals surface area contributed by atoms with Crippen LogP contribution in [0.5, 0.6) is 5.75 Å². The molecule has 1 unspecified atom stereocenters. The van der Waals surface area contributed by atoms with Crippen molar-refractivity contribution in [3.8, 4) is 11.6 Å². The van der Waals surface area contributed by atoms with Crippen molar-refractivity contribution in [3.63, 3.8) is 0 Å². The van der Waals surface area contributed by atoms with E-state index < -0.39 is 11.9 Å². The van der Waals surface area contributed by atoms with Gasteiger partial charge in [0.05, 0.1) is 18.4 Å². The Bertz CT molecular complexity index is 1460. The number of aromatic nitrogens is 4. The van der Waals surface area contributed by atoms with Gasteiger partial charge in [-0.3, -0.25) is 14.3 Å². The summed E-state index contributed by atoms with van der Waals surface area (Å²) in [7, 11) is 1.91. The summed E-state index contributed by atoms with van der Waals surface area (Å²) in [4.78, 5) is 34.4. The van der Waals surface area contributed by atoms with Crippen molar-refractivity contribution in [1.82, 2.24) is 24.0 Å². The zero-order valence-electron chi connectivity index (χ0n) is 18.6. The van der Waals surface area contributed by atoms with Gasteiger partial charge in [-0.25, -0.2) is 14.2 Å². The second-order valence-corrected chi connectivity index (χ2v) is 8.32. The summed E-state index contributed by atoms with van der Waals surface area (Å²) in [6.45, 7) is 2.30. The normalized spacial score (nSPS) is 15.4. The standard InChI is InChI=1S/C24H22FN5O4/c1-14-9-20-19(12-30(14)24(32)33)18-5-6-21(27-23(18)28(20)2)29-8-7-17(10-22(29)31)34-13-16-4-3-15(25)11-26-16/h3-8,10-11,14H,9,12-13H2,1-2H3,(H,32,33). The molecule has 0 radical (unpaired) electrons. The van der Waals surface area contributed by atoms with Crippen LogP contribution in [0.25, 0.3) is 16.9 Å². The lowest BCUT2D eigenvalue weighted by molar-refractivity contribution is 0.119. The van der Waals surface area contributed by atoms with E-state index in [0.29, 0.717) is 35.9 Å². The number of aryl methyl sites for hydroxylation is 1. The van der Waals surface area contributed by atoms with Crippen LogP contribution in [0.1, 0.15) is 23.9 Å². The molecule has 0 fully saturated rings. The summed E-state index contributed by atoms with van der Waals surface area (Å²) in [6, 6.07) is 9.32. The molecule has 1 aliphatic heterocycles. The predicted molar refractivity (Wildman–Crippen MR) is 122 cm³/mol. The van der Waals surface area contributed by atoms with Gasteiger partial charge in [0.1, 0.15) is 29.6 Å². The first-order valence-corrected chi connectivity index (χ1v) is 10.7. The van der Waals surface area contributed by atoms with Crippen LogP contribution in [0.2, 0.25) is 0 Å². The maximum atomic E-state index is 13.0. The number of pyridine rings is 3. The van der Waals surface area contributed by atoms with Crippen molar-refractivity contribution in [2.75, 3.05) is 0 Å². The van der Waals surface area contributed by atoms with Gasteiger partial charge in [0.2, 0.25) is 0 Å². The van der Waals surface area contributed by atoms with E-state index in [2.05, 4.69) is 4.98 Å². The van der Waals surface area contributed by atoms with Crippen LogP contribution in [0, 0.1) is 5.82 Å². The maximum Gasteiger partial charge on any atom is 0.407 e. The van der Waals surface area contributed by atoms with E-state index in [1.165, 1.54) is 27.7 Å². The fourth-order valence-corrected chi connectivity index (χ4v) is 4.35. The highest BCUT2D eigenvalue weighted by Crippen LogP contribution is 2.32. The predicted octanol–water partition coefficient (Wildman–Crippen LogP) is 3.26. The van der Waals surface area contributed by atoms with Crippen LogP contribution in [0.3, 0.4) is 0 Å². The SMILES string of the molecule is CC1Cc2c(c3ccc(-n4ccc(OCc5ccc(F)cn5)cc4=O)nc3n2C)CN1C(=O)O. The molecule has 5 heterocycles. The highest BCUT2D eigenvalue weighted by molar-refractivity contribution is 5.84. The fraction of sp³-hybridized carbons (Fsp3) is 0.250. The maximum absolute atomic E-state index is 13.0. The summed E-state index contributed by atoms with van der Waals surface area (Å²) in [5.74, 6) is 0.388. The minimum absolute atomic E-state index is 0.106. The van der Waals surface area contributed by atoms with Gasteiger partial charge in [-0.15, -0.1) is 0 Å². The van der Waals surface area contributed by atoms with Crippen LogP contribution in [0.4, 0.5) is 9.18 Å². The number of carboxylic acid groups (broad SMARTS) is 1. The Morgan fingerprint density at radius 1 is 1.26 bits per heavy atom. The largest absolute Gasteiger partial charge is 0.487 e. The molecule has 0 bridgehead atoms. The second-order valence-electron chi connectivity index (χ2n) is 8.32. The van der Waals surface area contributed by atoms with Gasteiger partial charge in [-0.2, -0.15) is 0 Å². The smallest absolute Gasteiger partial charge is 0.407 e. The monoisotopic (exact) mass is 463 g/mol. The molecule has 1 N–H and O–H groups in total. The third kappa shape index (κ3) is 3.76. The molecule has 0 aromatic carbocycles. The molecule has 10 heteroatoms. The lowest BCUT2D eigenvalue weighted by atomic mass is 10.00. The van der Waals surface area contributed by atoms with E-state index in [0.717, 1.165) is 22.8 Å². The molecule has 174 valence electrons. The summed E-state index contributed by atoms with van der Waals surface area (Å²) >= 11 is 0. The van der Waals surface area contributed by atoms with Crippen LogP contribution >= 0.6 is 0 Å². The number of halogens is 1. The van der Waals surface area contributed by atoms with E-state index in [-0.39, 0.29) is 18.2 Å². The third-order valence-electron chi connectivity index (χ3n) is 6.16. The van der Waals surface area contributed by atoms with Crippen LogP contribution in [-0.4, -0.2) is 41.2 Å². The minimum Gasteiger partial charge on any atom is -0.487 e. The minimum atomic E-state index is -0.941. The average molecular weight is 463 g/mol. The molecular formula is C24H22FN5O4. The molecule has 0 saturated heterocycles. The Morgan fingerprint density at radius 2 is 2.09 bits per heavy atom. The molecule has 0 spiro atoms.